The number of thiophene rings is 1. The summed E-state index contributed by atoms with van der Waals surface area (Å²) in [5.41, 5.74) is 7.40. The highest BCUT2D eigenvalue weighted by molar-refractivity contribution is 7.27. The molecular formula is C39H22N2OS. The molecule has 0 radical (unpaired) electrons. The SMILES string of the molecule is c1ccc(-c2cc3ccccc3nc2-n2c3ccccc3c3c4c5ccccc5oc4c4c5ccccc5sc4c32)cc1. The highest BCUT2D eigenvalue weighted by Gasteiger charge is 2.26. The van der Waals surface area contributed by atoms with Gasteiger partial charge in [0.2, 0.25) is 0 Å². The van der Waals surface area contributed by atoms with Crippen molar-refractivity contribution in [3.8, 4) is 16.9 Å². The van der Waals surface area contributed by atoms with Gasteiger partial charge in [-0.05, 0) is 35.9 Å². The van der Waals surface area contributed by atoms with E-state index in [9.17, 15) is 0 Å². The molecule has 0 aliphatic heterocycles. The van der Waals surface area contributed by atoms with Gasteiger partial charge in [0.1, 0.15) is 17.0 Å². The largest absolute Gasteiger partial charge is 0.455 e. The molecule has 0 amide bonds. The molecule has 200 valence electrons. The van der Waals surface area contributed by atoms with Crippen molar-refractivity contribution in [2.24, 2.45) is 0 Å². The fourth-order valence-electron chi connectivity index (χ4n) is 6.94. The van der Waals surface area contributed by atoms with Crippen molar-refractivity contribution < 1.29 is 4.42 Å². The van der Waals surface area contributed by atoms with Gasteiger partial charge in [-0.3, -0.25) is 4.57 Å². The van der Waals surface area contributed by atoms with Gasteiger partial charge in [0.15, 0.2) is 0 Å². The van der Waals surface area contributed by atoms with Crippen LogP contribution in [0.1, 0.15) is 0 Å². The minimum absolute atomic E-state index is 0.909. The molecule has 0 aliphatic carbocycles. The summed E-state index contributed by atoms with van der Waals surface area (Å²) in [5, 5.41) is 8.23. The minimum atomic E-state index is 0.909. The maximum Gasteiger partial charge on any atom is 0.146 e. The highest BCUT2D eigenvalue weighted by Crippen LogP contribution is 2.50. The Hall–Kier alpha value is -5.45. The van der Waals surface area contributed by atoms with E-state index >= 15 is 0 Å². The molecule has 0 bridgehead atoms. The lowest BCUT2D eigenvalue weighted by molar-refractivity contribution is 0.673. The van der Waals surface area contributed by atoms with E-state index in [1.165, 1.54) is 41.8 Å². The van der Waals surface area contributed by atoms with Crippen molar-refractivity contribution >= 4 is 86.2 Å². The fourth-order valence-corrected chi connectivity index (χ4v) is 8.18. The number of hydrogen-bond donors (Lipinski definition) is 0. The van der Waals surface area contributed by atoms with Crippen LogP contribution in [0, 0.1) is 0 Å². The standard InChI is InChI=1S/C39H22N2OS/c1-2-12-23(13-3-1)28-22-24-14-4-8-18-29(24)40-39(28)41-30-19-9-5-15-25(30)33-34-26-16-6-10-20-31(26)42-37(34)35-27-17-7-11-21-32(27)43-38(35)36(33)41/h1-22H. The Morgan fingerprint density at radius 2 is 1.33 bits per heavy atom. The van der Waals surface area contributed by atoms with Crippen LogP contribution in [0.25, 0.3) is 91.8 Å². The molecule has 43 heavy (non-hydrogen) atoms. The summed E-state index contributed by atoms with van der Waals surface area (Å²) in [7, 11) is 0. The molecule has 4 aromatic heterocycles. The number of furan rings is 1. The van der Waals surface area contributed by atoms with Crippen molar-refractivity contribution in [3.63, 3.8) is 0 Å². The van der Waals surface area contributed by atoms with E-state index in [-0.39, 0.29) is 0 Å². The van der Waals surface area contributed by atoms with E-state index in [0.717, 1.165) is 49.9 Å². The van der Waals surface area contributed by atoms with Crippen LogP contribution in [0.4, 0.5) is 0 Å². The van der Waals surface area contributed by atoms with Gasteiger partial charge < -0.3 is 4.42 Å². The molecular weight excluding hydrogens is 545 g/mol. The predicted molar refractivity (Wildman–Crippen MR) is 182 cm³/mol. The lowest BCUT2D eigenvalue weighted by Crippen LogP contribution is -2.01. The molecule has 6 aromatic carbocycles. The molecule has 10 aromatic rings. The van der Waals surface area contributed by atoms with Gasteiger partial charge in [0.05, 0.1) is 21.3 Å². The summed E-state index contributed by atoms with van der Waals surface area (Å²) in [6.45, 7) is 0. The Morgan fingerprint density at radius 3 is 2.23 bits per heavy atom. The first-order valence-corrected chi connectivity index (χ1v) is 15.3. The third-order valence-corrected chi connectivity index (χ3v) is 9.94. The second-order valence-corrected chi connectivity index (χ2v) is 12.2. The number of nitrogens with zero attached hydrogens (tertiary/aromatic N) is 2. The predicted octanol–water partition coefficient (Wildman–Crippen LogP) is 11.3. The fraction of sp³-hybridized carbons (Fsp3) is 0. The van der Waals surface area contributed by atoms with Crippen molar-refractivity contribution in [1.29, 1.82) is 0 Å². The number of fused-ring (bicyclic) bond motifs is 13. The van der Waals surface area contributed by atoms with E-state index in [0.29, 0.717) is 0 Å². The summed E-state index contributed by atoms with van der Waals surface area (Å²) < 4.78 is 11.6. The molecule has 0 saturated heterocycles. The monoisotopic (exact) mass is 566 g/mol. The van der Waals surface area contributed by atoms with Crippen molar-refractivity contribution in [2.45, 2.75) is 0 Å². The van der Waals surface area contributed by atoms with Crippen molar-refractivity contribution in [2.75, 3.05) is 0 Å². The molecule has 10 rings (SSSR count). The van der Waals surface area contributed by atoms with Gasteiger partial charge >= 0.3 is 0 Å². The van der Waals surface area contributed by atoms with Crippen LogP contribution in [-0.2, 0) is 0 Å². The molecule has 0 spiro atoms. The van der Waals surface area contributed by atoms with E-state index in [2.05, 4.69) is 138 Å². The molecule has 0 atom stereocenters. The molecule has 3 nitrogen and oxygen atoms in total. The Morgan fingerprint density at radius 1 is 0.605 bits per heavy atom. The zero-order chi connectivity index (χ0) is 28.1. The zero-order valence-electron chi connectivity index (χ0n) is 22.9. The third-order valence-electron chi connectivity index (χ3n) is 8.76. The van der Waals surface area contributed by atoms with Crippen LogP contribution in [0.5, 0.6) is 0 Å². The molecule has 0 unspecified atom stereocenters. The number of para-hydroxylation sites is 3. The Balaban J connectivity index is 1.52. The lowest BCUT2D eigenvalue weighted by Gasteiger charge is -2.15. The summed E-state index contributed by atoms with van der Waals surface area (Å²) in [6, 6.07) is 47.2. The first-order chi connectivity index (χ1) is 21.3. The zero-order valence-corrected chi connectivity index (χ0v) is 23.7. The van der Waals surface area contributed by atoms with Gasteiger partial charge in [-0.1, -0.05) is 103 Å². The second-order valence-electron chi connectivity index (χ2n) is 11.1. The Labute approximate surface area is 249 Å². The Kier molecular flexibility index (Phi) is 4.60. The lowest BCUT2D eigenvalue weighted by atomic mass is 10.0. The maximum absolute atomic E-state index is 6.74. The van der Waals surface area contributed by atoms with Gasteiger partial charge in [-0.2, -0.15) is 0 Å². The van der Waals surface area contributed by atoms with E-state index in [1.54, 1.807) is 0 Å². The molecule has 0 saturated carbocycles. The first kappa shape index (κ1) is 23.1. The van der Waals surface area contributed by atoms with Crippen LogP contribution < -0.4 is 0 Å². The summed E-state index contributed by atoms with van der Waals surface area (Å²) >= 11 is 1.84. The topological polar surface area (TPSA) is 31.0 Å². The van der Waals surface area contributed by atoms with Crippen LogP contribution >= 0.6 is 11.3 Å². The number of aromatic nitrogens is 2. The van der Waals surface area contributed by atoms with Gasteiger partial charge in [0.25, 0.3) is 0 Å². The van der Waals surface area contributed by atoms with Crippen LogP contribution in [0.15, 0.2) is 138 Å². The Bertz CT molecular complexity index is 2730. The molecule has 0 fully saturated rings. The minimum Gasteiger partial charge on any atom is -0.455 e. The van der Waals surface area contributed by atoms with E-state index < -0.39 is 0 Å². The van der Waals surface area contributed by atoms with Gasteiger partial charge in [0, 0.05) is 48.0 Å². The maximum atomic E-state index is 6.74. The quantitative estimate of drug-likeness (QED) is 0.208. The molecule has 0 N–H and O–H groups in total. The number of hydrogen-bond acceptors (Lipinski definition) is 3. The van der Waals surface area contributed by atoms with Crippen LogP contribution in [0.2, 0.25) is 0 Å². The third kappa shape index (κ3) is 3.10. The molecule has 4 heterocycles. The van der Waals surface area contributed by atoms with Gasteiger partial charge in [-0.25, -0.2) is 4.98 Å². The average Bonchev–Trinajstić information content (AvgIpc) is 3.74. The summed E-state index contributed by atoms with van der Waals surface area (Å²) in [5.74, 6) is 0.932. The van der Waals surface area contributed by atoms with Gasteiger partial charge in [-0.15, -0.1) is 11.3 Å². The van der Waals surface area contributed by atoms with E-state index in [1.807, 2.05) is 11.3 Å². The average molecular weight is 567 g/mol. The van der Waals surface area contributed by atoms with E-state index in [4.69, 9.17) is 9.40 Å². The van der Waals surface area contributed by atoms with Crippen molar-refractivity contribution in [3.05, 3.63) is 133 Å². The normalized spacial score (nSPS) is 12.2. The number of rotatable bonds is 2. The highest BCUT2D eigenvalue weighted by atomic mass is 32.1. The van der Waals surface area contributed by atoms with Crippen LogP contribution in [0.3, 0.4) is 0 Å². The number of pyridine rings is 1. The summed E-state index contributed by atoms with van der Waals surface area (Å²) in [4.78, 5) is 5.43. The van der Waals surface area contributed by atoms with Crippen LogP contribution in [-0.4, -0.2) is 9.55 Å². The summed E-state index contributed by atoms with van der Waals surface area (Å²) in [6.07, 6.45) is 0. The second kappa shape index (κ2) is 8.54. The number of benzene rings is 6. The first-order valence-electron chi connectivity index (χ1n) is 14.5. The molecule has 0 aliphatic rings. The smallest absolute Gasteiger partial charge is 0.146 e. The molecule has 4 heteroatoms. The van der Waals surface area contributed by atoms with Crippen molar-refractivity contribution in [1.82, 2.24) is 9.55 Å².